The first-order valence-corrected chi connectivity index (χ1v) is 3.78. The van der Waals surface area contributed by atoms with Gasteiger partial charge in [-0.05, 0) is 6.42 Å². The highest BCUT2D eigenvalue weighted by molar-refractivity contribution is 4.92. The van der Waals surface area contributed by atoms with E-state index in [9.17, 15) is 4.79 Å². The van der Waals surface area contributed by atoms with Crippen molar-refractivity contribution in [2.45, 2.75) is 26.2 Å². The Balaban J connectivity index is 3.04. The van der Waals surface area contributed by atoms with E-state index in [1.165, 1.54) is 0 Å². The maximum Gasteiger partial charge on any atom is 0.343 e. The zero-order valence-corrected chi connectivity index (χ0v) is 7.09. The largest absolute Gasteiger partial charge is 0.343 e. The van der Waals surface area contributed by atoms with Gasteiger partial charge in [0.25, 0.3) is 0 Å². The average Bonchev–Trinajstić information content (AvgIpc) is 2.32. The highest BCUT2D eigenvalue weighted by Gasteiger charge is 2.09. The van der Waals surface area contributed by atoms with Crippen LogP contribution < -0.4 is 5.69 Å². The van der Waals surface area contributed by atoms with E-state index >= 15 is 0 Å². The molecular formula is C7H13N3O. The van der Waals surface area contributed by atoms with Crippen molar-refractivity contribution in [1.29, 1.82) is 0 Å². The molecule has 62 valence electrons. The lowest BCUT2D eigenvalue weighted by Crippen LogP contribution is -2.15. The molecule has 4 nitrogen and oxygen atoms in total. The number of rotatable bonds is 2. The summed E-state index contributed by atoms with van der Waals surface area (Å²) in [6.45, 7) is 4.12. The van der Waals surface area contributed by atoms with Gasteiger partial charge in [-0.25, -0.2) is 9.89 Å². The number of aromatic amines is 1. The van der Waals surface area contributed by atoms with Gasteiger partial charge in [0.05, 0.1) is 0 Å². The monoisotopic (exact) mass is 155 g/mol. The van der Waals surface area contributed by atoms with Crippen LogP contribution in [0.1, 0.15) is 32.0 Å². The zero-order chi connectivity index (χ0) is 8.43. The zero-order valence-electron chi connectivity index (χ0n) is 7.09. The lowest BCUT2D eigenvalue weighted by atomic mass is 10.1. The summed E-state index contributed by atoms with van der Waals surface area (Å²) in [5, 5.41) is 6.32. The molecule has 1 unspecified atom stereocenters. The fraction of sp³-hybridized carbons (Fsp3) is 0.714. The first kappa shape index (κ1) is 8.04. The fourth-order valence-electron chi connectivity index (χ4n) is 0.982. The molecular weight excluding hydrogens is 142 g/mol. The van der Waals surface area contributed by atoms with Crippen LogP contribution in [0.15, 0.2) is 4.79 Å². The van der Waals surface area contributed by atoms with Crippen LogP contribution >= 0.6 is 0 Å². The molecule has 0 aliphatic carbocycles. The molecule has 1 N–H and O–H groups in total. The summed E-state index contributed by atoms with van der Waals surface area (Å²) < 4.78 is 1.55. The van der Waals surface area contributed by atoms with Gasteiger partial charge in [0.15, 0.2) is 0 Å². The van der Waals surface area contributed by atoms with Crippen molar-refractivity contribution in [2.24, 2.45) is 7.05 Å². The molecule has 11 heavy (non-hydrogen) atoms. The average molecular weight is 155 g/mol. The molecule has 1 rings (SSSR count). The van der Waals surface area contributed by atoms with Crippen LogP contribution in [0.25, 0.3) is 0 Å². The van der Waals surface area contributed by atoms with Crippen molar-refractivity contribution in [3.05, 3.63) is 16.3 Å². The summed E-state index contributed by atoms with van der Waals surface area (Å²) in [5.74, 6) is 1.18. The Morgan fingerprint density at radius 3 is 2.73 bits per heavy atom. The predicted molar refractivity (Wildman–Crippen MR) is 42.5 cm³/mol. The van der Waals surface area contributed by atoms with E-state index < -0.39 is 0 Å². The molecule has 1 aromatic rings. The molecule has 1 atom stereocenters. The summed E-state index contributed by atoms with van der Waals surface area (Å²) in [7, 11) is 1.73. The van der Waals surface area contributed by atoms with Crippen molar-refractivity contribution in [3.63, 3.8) is 0 Å². The molecule has 1 aromatic heterocycles. The Hall–Kier alpha value is -1.06. The number of H-pyrrole nitrogens is 1. The van der Waals surface area contributed by atoms with Crippen LogP contribution in [0, 0.1) is 0 Å². The fourth-order valence-corrected chi connectivity index (χ4v) is 0.982. The van der Waals surface area contributed by atoms with Gasteiger partial charge >= 0.3 is 5.69 Å². The van der Waals surface area contributed by atoms with Crippen LogP contribution in [-0.4, -0.2) is 14.8 Å². The normalized spacial score (nSPS) is 13.4. The van der Waals surface area contributed by atoms with E-state index in [1.807, 2.05) is 0 Å². The van der Waals surface area contributed by atoms with E-state index in [1.54, 1.807) is 11.6 Å². The smallest absolute Gasteiger partial charge is 0.282 e. The van der Waals surface area contributed by atoms with Gasteiger partial charge in [0.1, 0.15) is 5.82 Å². The molecule has 0 bridgehead atoms. The summed E-state index contributed by atoms with van der Waals surface area (Å²) in [5.41, 5.74) is -0.139. The van der Waals surface area contributed by atoms with Crippen LogP contribution in [0.5, 0.6) is 0 Å². The third-order valence-corrected chi connectivity index (χ3v) is 1.97. The topological polar surface area (TPSA) is 50.7 Å². The minimum absolute atomic E-state index is 0.139. The van der Waals surface area contributed by atoms with E-state index in [0.717, 1.165) is 12.2 Å². The molecule has 0 aromatic carbocycles. The van der Waals surface area contributed by atoms with Gasteiger partial charge in [0.2, 0.25) is 0 Å². The standard InChI is InChI=1S/C7H13N3O/c1-4-5(2)6-8-9-7(11)10(6)3/h5H,4H2,1-3H3,(H,9,11). The summed E-state index contributed by atoms with van der Waals surface area (Å²) in [4.78, 5) is 10.9. The van der Waals surface area contributed by atoms with Crippen LogP contribution in [0.2, 0.25) is 0 Å². The molecule has 0 radical (unpaired) electrons. The highest BCUT2D eigenvalue weighted by Crippen LogP contribution is 2.12. The van der Waals surface area contributed by atoms with E-state index in [4.69, 9.17) is 0 Å². The van der Waals surface area contributed by atoms with Crippen molar-refractivity contribution >= 4 is 0 Å². The Labute approximate surface area is 65.2 Å². The maximum atomic E-state index is 10.9. The predicted octanol–water partition coefficient (Wildman–Crippen LogP) is 0.622. The highest BCUT2D eigenvalue weighted by atomic mass is 16.1. The van der Waals surface area contributed by atoms with Gasteiger partial charge in [-0.15, -0.1) is 0 Å². The van der Waals surface area contributed by atoms with E-state index in [0.29, 0.717) is 5.92 Å². The SMILES string of the molecule is CCC(C)c1n[nH]c(=O)n1C. The molecule has 0 saturated heterocycles. The van der Waals surface area contributed by atoms with Gasteiger partial charge in [-0.1, -0.05) is 13.8 Å². The Bertz CT molecular complexity index is 286. The minimum Gasteiger partial charge on any atom is -0.282 e. The number of aromatic nitrogens is 3. The lowest BCUT2D eigenvalue weighted by molar-refractivity contribution is 0.635. The first-order chi connectivity index (χ1) is 5.16. The molecule has 4 heteroatoms. The first-order valence-electron chi connectivity index (χ1n) is 3.78. The Morgan fingerprint density at radius 2 is 2.36 bits per heavy atom. The molecule has 0 saturated carbocycles. The molecule has 0 amide bonds. The summed E-state index contributed by atoms with van der Waals surface area (Å²) in [6, 6.07) is 0. The third-order valence-electron chi connectivity index (χ3n) is 1.97. The second-order valence-electron chi connectivity index (χ2n) is 2.76. The second kappa shape index (κ2) is 2.90. The van der Waals surface area contributed by atoms with Crippen LogP contribution in [0.3, 0.4) is 0 Å². The molecule has 0 fully saturated rings. The van der Waals surface area contributed by atoms with Crippen LogP contribution in [-0.2, 0) is 7.05 Å². The van der Waals surface area contributed by atoms with E-state index in [2.05, 4.69) is 24.0 Å². The van der Waals surface area contributed by atoms with Crippen molar-refractivity contribution < 1.29 is 0 Å². The van der Waals surface area contributed by atoms with Crippen LogP contribution in [0.4, 0.5) is 0 Å². The van der Waals surface area contributed by atoms with Gasteiger partial charge in [-0.3, -0.25) is 4.57 Å². The van der Waals surface area contributed by atoms with Crippen molar-refractivity contribution in [2.75, 3.05) is 0 Å². The second-order valence-corrected chi connectivity index (χ2v) is 2.76. The maximum absolute atomic E-state index is 10.9. The Kier molecular flexibility index (Phi) is 2.12. The Morgan fingerprint density at radius 1 is 1.73 bits per heavy atom. The molecule has 0 aliphatic rings. The number of hydrogen-bond donors (Lipinski definition) is 1. The van der Waals surface area contributed by atoms with Crippen molar-refractivity contribution in [3.8, 4) is 0 Å². The third kappa shape index (κ3) is 1.34. The number of nitrogens with one attached hydrogen (secondary N) is 1. The van der Waals surface area contributed by atoms with Gasteiger partial charge < -0.3 is 0 Å². The van der Waals surface area contributed by atoms with Gasteiger partial charge in [0, 0.05) is 13.0 Å². The lowest BCUT2D eigenvalue weighted by Gasteiger charge is -2.04. The number of hydrogen-bond acceptors (Lipinski definition) is 2. The minimum atomic E-state index is -0.139. The molecule has 0 aliphatic heterocycles. The number of nitrogens with zero attached hydrogens (tertiary/aromatic N) is 2. The molecule has 0 spiro atoms. The van der Waals surface area contributed by atoms with Gasteiger partial charge in [-0.2, -0.15) is 5.10 Å². The van der Waals surface area contributed by atoms with E-state index in [-0.39, 0.29) is 5.69 Å². The molecule has 1 heterocycles. The summed E-state index contributed by atoms with van der Waals surface area (Å²) in [6.07, 6.45) is 0.998. The quantitative estimate of drug-likeness (QED) is 0.680. The summed E-state index contributed by atoms with van der Waals surface area (Å²) >= 11 is 0. The van der Waals surface area contributed by atoms with Crippen molar-refractivity contribution in [1.82, 2.24) is 14.8 Å².